The number of nitrogens with zero attached hydrogens (tertiary/aromatic N) is 1. The molecule has 0 spiro atoms. The van der Waals surface area contributed by atoms with Crippen LogP contribution in [0.3, 0.4) is 0 Å². The summed E-state index contributed by atoms with van der Waals surface area (Å²) in [6.07, 6.45) is 0. The Morgan fingerprint density at radius 2 is 1.94 bits per heavy atom. The summed E-state index contributed by atoms with van der Waals surface area (Å²) in [5.74, 6) is 0. The molecule has 82 valence electrons. The summed E-state index contributed by atoms with van der Waals surface area (Å²) in [5.41, 5.74) is 7.58. The van der Waals surface area contributed by atoms with E-state index >= 15 is 0 Å². The van der Waals surface area contributed by atoms with Crippen molar-refractivity contribution >= 4 is 22.7 Å². The van der Waals surface area contributed by atoms with Crippen molar-refractivity contribution in [1.82, 2.24) is 0 Å². The van der Waals surface area contributed by atoms with Gasteiger partial charge in [-0.25, -0.2) is 0 Å². The van der Waals surface area contributed by atoms with Gasteiger partial charge in [-0.05, 0) is 30.7 Å². The average Bonchev–Trinajstić information content (AvgIpc) is 2.59. The molecule has 5 heteroatoms. The predicted octanol–water partition coefficient (Wildman–Crippen LogP) is 3.21. The number of non-ortho nitro benzene ring substituents is 1. The molecule has 0 fully saturated rings. The first-order chi connectivity index (χ1) is 7.58. The molecule has 0 bridgehead atoms. The molecule has 0 unspecified atom stereocenters. The van der Waals surface area contributed by atoms with Crippen LogP contribution in [-0.4, -0.2) is 4.92 Å². The molecular formula is C11H10N2O2S. The second-order valence-corrected chi connectivity index (χ2v) is 4.68. The van der Waals surface area contributed by atoms with E-state index in [2.05, 4.69) is 0 Å². The van der Waals surface area contributed by atoms with Crippen molar-refractivity contribution in [3.63, 3.8) is 0 Å². The first kappa shape index (κ1) is 10.6. The quantitative estimate of drug-likeness (QED) is 0.640. The number of hydrogen-bond donors (Lipinski definition) is 1. The van der Waals surface area contributed by atoms with Crippen molar-refractivity contribution in [3.8, 4) is 10.4 Å². The molecule has 2 rings (SSSR count). The Morgan fingerprint density at radius 3 is 2.38 bits per heavy atom. The van der Waals surface area contributed by atoms with E-state index < -0.39 is 4.92 Å². The maximum absolute atomic E-state index is 10.5. The van der Waals surface area contributed by atoms with Gasteiger partial charge in [-0.2, -0.15) is 0 Å². The molecular weight excluding hydrogens is 224 g/mol. The molecule has 1 heterocycles. The molecule has 0 aliphatic rings. The number of hydrogen-bond acceptors (Lipinski definition) is 4. The molecule has 16 heavy (non-hydrogen) atoms. The number of nitrogens with two attached hydrogens (primary N) is 1. The largest absolute Gasteiger partial charge is 0.398 e. The number of nitro benzene ring substituents is 1. The zero-order valence-electron chi connectivity index (χ0n) is 8.64. The molecule has 0 saturated heterocycles. The summed E-state index contributed by atoms with van der Waals surface area (Å²) in [6.45, 7) is 1.95. The monoisotopic (exact) mass is 234 g/mol. The molecule has 0 radical (unpaired) electrons. The number of anilines is 1. The first-order valence-electron chi connectivity index (χ1n) is 4.68. The summed E-state index contributed by atoms with van der Waals surface area (Å²) in [7, 11) is 0. The lowest BCUT2D eigenvalue weighted by molar-refractivity contribution is -0.384. The van der Waals surface area contributed by atoms with Gasteiger partial charge in [0.1, 0.15) is 0 Å². The van der Waals surface area contributed by atoms with Crippen LogP contribution in [0, 0.1) is 17.0 Å². The highest BCUT2D eigenvalue weighted by molar-refractivity contribution is 7.16. The van der Waals surface area contributed by atoms with Crippen LogP contribution < -0.4 is 5.73 Å². The van der Waals surface area contributed by atoms with Crippen LogP contribution in [0.25, 0.3) is 10.4 Å². The summed E-state index contributed by atoms with van der Waals surface area (Å²) < 4.78 is 0. The smallest absolute Gasteiger partial charge is 0.269 e. The highest BCUT2D eigenvalue weighted by atomic mass is 32.1. The molecule has 0 saturated carbocycles. The van der Waals surface area contributed by atoms with Crippen LogP contribution in [0.15, 0.2) is 30.3 Å². The minimum Gasteiger partial charge on any atom is -0.398 e. The van der Waals surface area contributed by atoms with E-state index in [4.69, 9.17) is 5.73 Å². The average molecular weight is 234 g/mol. The lowest BCUT2D eigenvalue weighted by atomic mass is 10.1. The summed E-state index contributed by atoms with van der Waals surface area (Å²) >= 11 is 1.59. The number of rotatable bonds is 2. The minimum absolute atomic E-state index is 0.102. The second kappa shape index (κ2) is 3.94. The Morgan fingerprint density at radius 1 is 1.31 bits per heavy atom. The number of nitro groups is 1. The van der Waals surface area contributed by atoms with E-state index in [1.807, 2.05) is 13.0 Å². The molecule has 4 nitrogen and oxygen atoms in total. The van der Waals surface area contributed by atoms with Crippen LogP contribution >= 0.6 is 11.3 Å². The topological polar surface area (TPSA) is 69.2 Å². The lowest BCUT2D eigenvalue weighted by Gasteiger charge is -1.96. The van der Waals surface area contributed by atoms with Gasteiger partial charge in [-0.15, -0.1) is 11.3 Å². The molecule has 1 aromatic heterocycles. The summed E-state index contributed by atoms with van der Waals surface area (Å²) in [5, 5.41) is 10.5. The lowest BCUT2D eigenvalue weighted by Crippen LogP contribution is -1.86. The van der Waals surface area contributed by atoms with Gasteiger partial charge in [0.15, 0.2) is 0 Å². The third-order valence-corrected chi connectivity index (χ3v) is 3.43. The Balaban J connectivity index is 2.38. The third-order valence-electron chi connectivity index (χ3n) is 2.32. The van der Waals surface area contributed by atoms with Crippen LogP contribution in [0.1, 0.15) is 4.88 Å². The van der Waals surface area contributed by atoms with Crippen molar-refractivity contribution < 1.29 is 4.92 Å². The van der Waals surface area contributed by atoms with E-state index in [0.717, 1.165) is 21.0 Å². The Labute approximate surface area is 96.5 Å². The number of nitrogen functional groups attached to an aromatic ring is 1. The summed E-state index contributed by atoms with van der Waals surface area (Å²) in [6, 6.07) is 8.37. The van der Waals surface area contributed by atoms with E-state index in [1.54, 1.807) is 23.5 Å². The van der Waals surface area contributed by atoms with Crippen LogP contribution in [0.5, 0.6) is 0 Å². The molecule has 0 atom stereocenters. The molecule has 0 amide bonds. The third kappa shape index (κ3) is 1.90. The van der Waals surface area contributed by atoms with Gasteiger partial charge in [0, 0.05) is 27.6 Å². The number of benzene rings is 1. The fourth-order valence-electron chi connectivity index (χ4n) is 1.39. The fourth-order valence-corrected chi connectivity index (χ4v) is 2.33. The highest BCUT2D eigenvalue weighted by Gasteiger charge is 2.07. The van der Waals surface area contributed by atoms with Gasteiger partial charge < -0.3 is 5.73 Å². The van der Waals surface area contributed by atoms with Crippen molar-refractivity contribution in [2.24, 2.45) is 0 Å². The number of thiophene rings is 1. The van der Waals surface area contributed by atoms with Crippen LogP contribution in [0.4, 0.5) is 11.4 Å². The molecule has 0 aliphatic heterocycles. The molecule has 1 aromatic carbocycles. The zero-order chi connectivity index (χ0) is 11.7. The van der Waals surface area contributed by atoms with Crippen molar-refractivity contribution in [3.05, 3.63) is 45.3 Å². The highest BCUT2D eigenvalue weighted by Crippen LogP contribution is 2.33. The van der Waals surface area contributed by atoms with Crippen LogP contribution in [-0.2, 0) is 0 Å². The van der Waals surface area contributed by atoms with E-state index in [-0.39, 0.29) is 5.69 Å². The van der Waals surface area contributed by atoms with E-state index in [1.165, 1.54) is 12.1 Å². The van der Waals surface area contributed by atoms with Gasteiger partial charge in [0.25, 0.3) is 5.69 Å². The Kier molecular flexibility index (Phi) is 2.62. The van der Waals surface area contributed by atoms with Gasteiger partial charge in [-0.3, -0.25) is 10.1 Å². The molecule has 2 N–H and O–H groups in total. The standard InChI is InChI=1S/C11H10N2O2S/c1-7-10(12)6-11(16-7)8-2-4-9(5-3-8)13(14)15/h2-6H,12H2,1H3. The maximum atomic E-state index is 10.5. The first-order valence-corrected chi connectivity index (χ1v) is 5.50. The normalized spacial score (nSPS) is 10.3. The molecule has 0 aliphatic carbocycles. The van der Waals surface area contributed by atoms with E-state index in [9.17, 15) is 10.1 Å². The Bertz CT molecular complexity index is 512. The van der Waals surface area contributed by atoms with Crippen LogP contribution in [0.2, 0.25) is 0 Å². The van der Waals surface area contributed by atoms with E-state index in [0.29, 0.717) is 0 Å². The second-order valence-electron chi connectivity index (χ2n) is 3.43. The Hall–Kier alpha value is -1.88. The SMILES string of the molecule is Cc1sc(-c2ccc([N+](=O)[O-])cc2)cc1N. The number of aryl methyl sites for hydroxylation is 1. The van der Waals surface area contributed by atoms with Crippen molar-refractivity contribution in [2.75, 3.05) is 5.73 Å². The minimum atomic E-state index is -0.405. The van der Waals surface area contributed by atoms with Crippen molar-refractivity contribution in [1.29, 1.82) is 0 Å². The van der Waals surface area contributed by atoms with Gasteiger partial charge >= 0.3 is 0 Å². The molecule has 2 aromatic rings. The van der Waals surface area contributed by atoms with Gasteiger partial charge in [0.2, 0.25) is 0 Å². The van der Waals surface area contributed by atoms with Crippen molar-refractivity contribution in [2.45, 2.75) is 6.92 Å². The van der Waals surface area contributed by atoms with Gasteiger partial charge in [0.05, 0.1) is 4.92 Å². The maximum Gasteiger partial charge on any atom is 0.269 e. The zero-order valence-corrected chi connectivity index (χ0v) is 9.45. The van der Waals surface area contributed by atoms with Gasteiger partial charge in [-0.1, -0.05) is 0 Å². The fraction of sp³-hybridized carbons (Fsp3) is 0.0909. The summed E-state index contributed by atoms with van der Waals surface area (Å²) in [4.78, 5) is 12.2. The predicted molar refractivity (Wildman–Crippen MR) is 65.6 cm³/mol.